The second-order valence-electron chi connectivity index (χ2n) is 4.67. The van der Waals surface area contributed by atoms with Crippen molar-refractivity contribution < 1.29 is 9.84 Å². The van der Waals surface area contributed by atoms with Gasteiger partial charge in [0, 0.05) is 17.9 Å². The first-order valence-electron chi connectivity index (χ1n) is 5.70. The highest BCUT2D eigenvalue weighted by atomic mass is 35.5. The lowest BCUT2D eigenvalue weighted by Gasteiger charge is -2.16. The highest BCUT2D eigenvalue weighted by Gasteiger charge is 2.20. The van der Waals surface area contributed by atoms with Crippen LogP contribution in [0.25, 0.3) is 0 Å². The number of hydrogen-bond donors (Lipinski definition) is 1. The Hall–Kier alpha value is -0.730. The van der Waals surface area contributed by atoms with Crippen molar-refractivity contribution in [2.24, 2.45) is 5.92 Å². The van der Waals surface area contributed by atoms with Crippen LogP contribution in [-0.4, -0.2) is 17.8 Å². The van der Waals surface area contributed by atoms with Crippen LogP contribution in [0, 0.1) is 5.92 Å². The van der Waals surface area contributed by atoms with Crippen molar-refractivity contribution in [1.29, 1.82) is 0 Å². The molecule has 0 aliphatic carbocycles. The van der Waals surface area contributed by atoms with E-state index in [2.05, 4.69) is 0 Å². The Balaban J connectivity index is 2.27. The number of hydrogen-bond acceptors (Lipinski definition) is 2. The van der Waals surface area contributed by atoms with Crippen LogP contribution in [0.2, 0.25) is 5.02 Å². The van der Waals surface area contributed by atoms with E-state index in [0.717, 1.165) is 29.4 Å². The van der Waals surface area contributed by atoms with Gasteiger partial charge in [0.25, 0.3) is 0 Å². The summed E-state index contributed by atoms with van der Waals surface area (Å²) in [6, 6.07) is 3.85. The minimum atomic E-state index is -0.341. The fraction of sp³-hybridized carbons (Fsp3) is 0.538. The topological polar surface area (TPSA) is 29.5 Å². The summed E-state index contributed by atoms with van der Waals surface area (Å²) < 4.78 is 5.60. The van der Waals surface area contributed by atoms with Crippen LogP contribution in [0.4, 0.5) is 0 Å². The molecule has 1 aromatic carbocycles. The van der Waals surface area contributed by atoms with Crippen LogP contribution in [0.3, 0.4) is 0 Å². The van der Waals surface area contributed by atoms with Crippen LogP contribution in [-0.2, 0) is 12.8 Å². The number of aliphatic hydroxyl groups excluding tert-OH is 1. The predicted molar refractivity (Wildman–Crippen MR) is 65.2 cm³/mol. The van der Waals surface area contributed by atoms with Gasteiger partial charge in [0.15, 0.2) is 0 Å². The van der Waals surface area contributed by atoms with E-state index < -0.39 is 0 Å². The molecule has 0 spiro atoms. The molecule has 2 nitrogen and oxygen atoms in total. The Morgan fingerprint density at radius 3 is 2.88 bits per heavy atom. The van der Waals surface area contributed by atoms with Gasteiger partial charge in [-0.3, -0.25) is 0 Å². The van der Waals surface area contributed by atoms with Gasteiger partial charge in [-0.05, 0) is 29.2 Å². The standard InChI is InChI=1S/C13H17ClO2/c1-8(2)12(15)7-10-6-11(14)5-9-3-4-16-13(9)10/h5-6,8,12,15H,3-4,7H2,1-2H3. The van der Waals surface area contributed by atoms with Gasteiger partial charge in [0.1, 0.15) is 5.75 Å². The molecular weight excluding hydrogens is 224 g/mol. The third-order valence-corrected chi connectivity index (χ3v) is 3.24. The fourth-order valence-electron chi connectivity index (χ4n) is 1.96. The monoisotopic (exact) mass is 240 g/mol. The minimum Gasteiger partial charge on any atom is -0.493 e. The van der Waals surface area contributed by atoms with Gasteiger partial charge in [-0.15, -0.1) is 0 Å². The zero-order valence-electron chi connectivity index (χ0n) is 9.66. The lowest BCUT2D eigenvalue weighted by Crippen LogP contribution is -2.18. The average Bonchev–Trinajstić information content (AvgIpc) is 2.65. The highest BCUT2D eigenvalue weighted by Crippen LogP contribution is 2.34. The van der Waals surface area contributed by atoms with Gasteiger partial charge in [0.2, 0.25) is 0 Å². The normalized spacial score (nSPS) is 16.1. The van der Waals surface area contributed by atoms with Gasteiger partial charge in [-0.1, -0.05) is 25.4 Å². The number of benzene rings is 1. The molecule has 0 aromatic heterocycles. The van der Waals surface area contributed by atoms with Gasteiger partial charge >= 0.3 is 0 Å². The summed E-state index contributed by atoms with van der Waals surface area (Å²) in [5.74, 6) is 1.18. The zero-order chi connectivity index (χ0) is 11.7. The molecule has 16 heavy (non-hydrogen) atoms. The Bertz CT molecular complexity index is 388. The first kappa shape index (κ1) is 11.7. The Morgan fingerprint density at radius 1 is 1.44 bits per heavy atom. The first-order valence-corrected chi connectivity index (χ1v) is 6.08. The molecule has 3 heteroatoms. The van der Waals surface area contributed by atoms with Crippen molar-refractivity contribution in [2.75, 3.05) is 6.61 Å². The number of fused-ring (bicyclic) bond motifs is 1. The van der Waals surface area contributed by atoms with E-state index in [1.54, 1.807) is 0 Å². The van der Waals surface area contributed by atoms with E-state index >= 15 is 0 Å². The quantitative estimate of drug-likeness (QED) is 0.881. The third-order valence-electron chi connectivity index (χ3n) is 3.02. The molecule has 88 valence electrons. The van der Waals surface area contributed by atoms with E-state index in [0.29, 0.717) is 6.42 Å². The number of aliphatic hydroxyl groups is 1. The average molecular weight is 241 g/mol. The molecule has 0 bridgehead atoms. The van der Waals surface area contributed by atoms with Crippen LogP contribution in [0.1, 0.15) is 25.0 Å². The molecule has 2 rings (SSSR count). The summed E-state index contributed by atoms with van der Waals surface area (Å²) in [5.41, 5.74) is 2.19. The van der Waals surface area contributed by atoms with Gasteiger partial charge in [-0.25, -0.2) is 0 Å². The molecule has 1 aromatic rings. The summed E-state index contributed by atoms with van der Waals surface area (Å²) >= 11 is 6.05. The van der Waals surface area contributed by atoms with Crippen LogP contribution in [0.5, 0.6) is 5.75 Å². The second-order valence-corrected chi connectivity index (χ2v) is 5.10. The maximum absolute atomic E-state index is 9.90. The SMILES string of the molecule is CC(C)C(O)Cc1cc(Cl)cc2c1OCC2. The van der Waals surface area contributed by atoms with Gasteiger partial charge in [0.05, 0.1) is 12.7 Å². The summed E-state index contributed by atoms with van der Waals surface area (Å²) in [6.45, 7) is 4.74. The van der Waals surface area contributed by atoms with Crippen LogP contribution >= 0.6 is 11.6 Å². The third kappa shape index (κ3) is 2.33. The van der Waals surface area contributed by atoms with E-state index in [9.17, 15) is 5.11 Å². The molecule has 1 N–H and O–H groups in total. The summed E-state index contributed by atoms with van der Waals surface area (Å²) in [7, 11) is 0. The molecule has 1 heterocycles. The summed E-state index contributed by atoms with van der Waals surface area (Å²) in [4.78, 5) is 0. The van der Waals surface area contributed by atoms with E-state index in [1.807, 2.05) is 26.0 Å². The first-order chi connectivity index (χ1) is 7.58. The van der Waals surface area contributed by atoms with E-state index in [1.165, 1.54) is 5.56 Å². The van der Waals surface area contributed by atoms with Crippen molar-refractivity contribution >= 4 is 11.6 Å². The predicted octanol–water partition coefficient (Wildman–Crippen LogP) is 2.83. The molecule has 0 saturated carbocycles. The van der Waals surface area contributed by atoms with Crippen molar-refractivity contribution in [1.82, 2.24) is 0 Å². The largest absolute Gasteiger partial charge is 0.493 e. The van der Waals surface area contributed by atoms with Crippen molar-refractivity contribution in [3.8, 4) is 5.75 Å². The fourth-order valence-corrected chi connectivity index (χ4v) is 2.22. The molecule has 1 atom stereocenters. The van der Waals surface area contributed by atoms with Gasteiger partial charge < -0.3 is 9.84 Å². The Morgan fingerprint density at radius 2 is 2.19 bits per heavy atom. The Labute approximate surface area is 101 Å². The molecule has 0 amide bonds. The van der Waals surface area contributed by atoms with Gasteiger partial charge in [-0.2, -0.15) is 0 Å². The lowest BCUT2D eigenvalue weighted by molar-refractivity contribution is 0.125. The molecule has 0 saturated heterocycles. The molecule has 1 aliphatic rings. The summed E-state index contributed by atoms with van der Waals surface area (Å²) in [6.07, 6.45) is 1.19. The highest BCUT2D eigenvalue weighted by molar-refractivity contribution is 6.30. The maximum atomic E-state index is 9.90. The Kier molecular flexibility index (Phi) is 3.41. The zero-order valence-corrected chi connectivity index (χ0v) is 10.4. The van der Waals surface area contributed by atoms with Crippen LogP contribution < -0.4 is 4.74 Å². The number of ether oxygens (including phenoxy) is 1. The molecule has 0 radical (unpaired) electrons. The minimum absolute atomic E-state index is 0.246. The van der Waals surface area contributed by atoms with Crippen LogP contribution in [0.15, 0.2) is 12.1 Å². The summed E-state index contributed by atoms with van der Waals surface area (Å²) in [5, 5.41) is 10.6. The molecule has 1 unspecified atom stereocenters. The van der Waals surface area contributed by atoms with Crippen molar-refractivity contribution in [3.05, 3.63) is 28.3 Å². The number of rotatable bonds is 3. The van der Waals surface area contributed by atoms with E-state index in [4.69, 9.17) is 16.3 Å². The lowest BCUT2D eigenvalue weighted by atomic mass is 9.97. The van der Waals surface area contributed by atoms with Crippen molar-refractivity contribution in [2.45, 2.75) is 32.8 Å². The maximum Gasteiger partial charge on any atom is 0.126 e. The molecular formula is C13H17ClO2. The number of halogens is 1. The second kappa shape index (κ2) is 4.64. The van der Waals surface area contributed by atoms with Crippen molar-refractivity contribution in [3.63, 3.8) is 0 Å². The van der Waals surface area contributed by atoms with E-state index in [-0.39, 0.29) is 12.0 Å². The molecule has 1 aliphatic heterocycles. The molecule has 0 fully saturated rings. The smallest absolute Gasteiger partial charge is 0.126 e.